The van der Waals surface area contributed by atoms with Crippen LogP contribution >= 0.6 is 0 Å². The van der Waals surface area contributed by atoms with Gasteiger partial charge in [0.1, 0.15) is 6.61 Å². The van der Waals surface area contributed by atoms with Crippen molar-refractivity contribution in [3.8, 4) is 0 Å². The maximum atomic E-state index is 12.4. The van der Waals surface area contributed by atoms with Gasteiger partial charge in [-0.25, -0.2) is 0 Å². The number of hydrogen-bond donors (Lipinski definition) is 1. The number of aliphatic hydroxyl groups is 1. The van der Waals surface area contributed by atoms with Crippen LogP contribution in [0.5, 0.6) is 0 Å². The molecule has 0 heterocycles. The van der Waals surface area contributed by atoms with Crippen molar-refractivity contribution < 1.29 is 24.2 Å². The Hall–Kier alpha value is -1.10. The van der Waals surface area contributed by atoms with E-state index in [4.69, 9.17) is 9.47 Å². The molecule has 0 aliphatic carbocycles. The third-order valence-electron chi connectivity index (χ3n) is 16.2. The highest BCUT2D eigenvalue weighted by atomic mass is 16.6. The van der Waals surface area contributed by atoms with Crippen molar-refractivity contribution in [2.75, 3.05) is 13.2 Å². The summed E-state index contributed by atoms with van der Waals surface area (Å²) in [6.45, 7) is 4.23. The summed E-state index contributed by atoms with van der Waals surface area (Å²) in [4.78, 5) is 24.6. The van der Waals surface area contributed by atoms with Crippen LogP contribution in [0.25, 0.3) is 0 Å². The Labute approximate surface area is 459 Å². The number of unbranched alkanes of at least 4 members (excludes halogenated alkanes) is 57. The zero-order valence-electron chi connectivity index (χ0n) is 50.2. The van der Waals surface area contributed by atoms with Crippen LogP contribution < -0.4 is 0 Å². The van der Waals surface area contributed by atoms with E-state index in [9.17, 15) is 14.7 Å². The van der Waals surface area contributed by atoms with Gasteiger partial charge in [-0.3, -0.25) is 9.59 Å². The van der Waals surface area contributed by atoms with Crippen LogP contribution in [-0.2, 0) is 19.1 Å². The largest absolute Gasteiger partial charge is 0.462 e. The fourth-order valence-corrected chi connectivity index (χ4v) is 11.0. The lowest BCUT2D eigenvalue weighted by molar-refractivity contribution is -0.161. The zero-order chi connectivity index (χ0) is 52.7. The fourth-order valence-electron chi connectivity index (χ4n) is 11.0. The van der Waals surface area contributed by atoms with Crippen LogP contribution in [0.3, 0.4) is 0 Å². The molecule has 1 unspecified atom stereocenters. The van der Waals surface area contributed by atoms with Crippen molar-refractivity contribution in [3.05, 3.63) is 0 Å². The monoisotopic (exact) mass is 1030 g/mol. The first kappa shape index (κ1) is 71.9. The SMILES string of the molecule is CCCCCCCCCCCCCCCCCCCCCCCCCCCCCCCCCCC(=O)OC(CO)COC(=O)CCCCCCCCCCCCCCCCCCCCCCCCCCCCC. The Morgan fingerprint density at radius 3 is 0.603 bits per heavy atom. The summed E-state index contributed by atoms with van der Waals surface area (Å²) in [5.74, 6) is -0.559. The van der Waals surface area contributed by atoms with E-state index in [1.807, 2.05) is 0 Å². The minimum absolute atomic E-state index is 0.0553. The van der Waals surface area contributed by atoms with Crippen molar-refractivity contribution >= 4 is 11.9 Å². The number of ether oxygens (including phenoxy) is 2. The molecule has 73 heavy (non-hydrogen) atoms. The zero-order valence-corrected chi connectivity index (χ0v) is 50.2. The van der Waals surface area contributed by atoms with E-state index in [0.717, 1.165) is 32.1 Å². The molecule has 5 heteroatoms. The first-order valence-electron chi connectivity index (χ1n) is 34.1. The van der Waals surface area contributed by atoms with E-state index in [0.29, 0.717) is 12.8 Å². The third-order valence-corrected chi connectivity index (χ3v) is 16.2. The standard InChI is InChI=1S/C68H134O5/c1-3-5-7-9-11-13-15-17-19-21-23-25-27-29-31-32-33-34-35-37-39-41-43-45-47-49-51-53-55-57-59-61-63-68(71)73-66(64-69)65-72-67(70)62-60-58-56-54-52-50-48-46-44-42-40-38-36-30-28-26-24-22-20-18-16-14-12-10-8-6-4-2/h66,69H,3-65H2,1-2H3. The van der Waals surface area contributed by atoms with Crippen molar-refractivity contribution in [1.82, 2.24) is 0 Å². The number of hydrogen-bond acceptors (Lipinski definition) is 5. The summed E-state index contributed by atoms with van der Waals surface area (Å²) in [7, 11) is 0. The number of carbonyl (C=O) groups is 2. The molecule has 0 aliphatic rings. The van der Waals surface area contributed by atoms with Crippen LogP contribution in [0.2, 0.25) is 0 Å². The topological polar surface area (TPSA) is 72.8 Å². The van der Waals surface area contributed by atoms with Gasteiger partial charge in [-0.1, -0.05) is 380 Å². The Morgan fingerprint density at radius 1 is 0.260 bits per heavy atom. The fraction of sp³-hybridized carbons (Fsp3) is 0.971. The minimum Gasteiger partial charge on any atom is -0.462 e. The Morgan fingerprint density at radius 2 is 0.425 bits per heavy atom. The molecule has 1 N–H and O–H groups in total. The molecule has 0 saturated carbocycles. The first-order valence-corrected chi connectivity index (χ1v) is 34.1. The molecular weight excluding hydrogens is 897 g/mol. The van der Waals surface area contributed by atoms with E-state index < -0.39 is 6.10 Å². The Kier molecular flexibility index (Phi) is 64.2. The van der Waals surface area contributed by atoms with Crippen molar-refractivity contribution in [2.24, 2.45) is 0 Å². The Bertz CT molecular complexity index is 1030. The van der Waals surface area contributed by atoms with Gasteiger partial charge in [0.05, 0.1) is 6.61 Å². The number of aliphatic hydroxyl groups excluding tert-OH is 1. The molecule has 0 aromatic heterocycles. The van der Waals surface area contributed by atoms with Crippen LogP contribution in [-0.4, -0.2) is 36.4 Å². The summed E-state index contributed by atoms with van der Waals surface area (Å²) in [6.07, 6.45) is 81.4. The van der Waals surface area contributed by atoms with Gasteiger partial charge in [0.2, 0.25) is 0 Å². The molecule has 0 bridgehead atoms. The highest BCUT2D eigenvalue weighted by Crippen LogP contribution is 2.20. The lowest BCUT2D eigenvalue weighted by Crippen LogP contribution is -2.28. The van der Waals surface area contributed by atoms with Crippen LogP contribution in [0.4, 0.5) is 0 Å². The van der Waals surface area contributed by atoms with Gasteiger partial charge < -0.3 is 14.6 Å². The van der Waals surface area contributed by atoms with Crippen LogP contribution in [0, 0.1) is 0 Å². The van der Waals surface area contributed by atoms with Gasteiger partial charge in [0.25, 0.3) is 0 Å². The normalized spacial score (nSPS) is 12.0. The van der Waals surface area contributed by atoms with Crippen molar-refractivity contribution in [2.45, 2.75) is 412 Å². The van der Waals surface area contributed by atoms with E-state index in [2.05, 4.69) is 13.8 Å². The van der Waals surface area contributed by atoms with E-state index >= 15 is 0 Å². The number of carbonyl (C=O) groups excluding carboxylic acids is 2. The van der Waals surface area contributed by atoms with E-state index in [1.54, 1.807) is 0 Å². The average molecular weight is 1030 g/mol. The first-order chi connectivity index (χ1) is 36.1. The van der Waals surface area contributed by atoms with Crippen LogP contribution in [0.1, 0.15) is 406 Å². The second-order valence-corrected chi connectivity index (χ2v) is 23.6. The molecule has 0 spiro atoms. The predicted octanol–water partition coefficient (Wildman–Crippen LogP) is 23.3. The molecule has 1 atom stereocenters. The molecule has 436 valence electrons. The molecule has 0 rings (SSSR count). The molecule has 5 nitrogen and oxygen atoms in total. The average Bonchev–Trinajstić information content (AvgIpc) is 3.39. The van der Waals surface area contributed by atoms with E-state index in [1.165, 1.54) is 347 Å². The minimum atomic E-state index is -0.765. The molecule has 0 fully saturated rings. The van der Waals surface area contributed by atoms with Gasteiger partial charge in [0, 0.05) is 12.8 Å². The van der Waals surface area contributed by atoms with Gasteiger partial charge in [-0.15, -0.1) is 0 Å². The van der Waals surface area contributed by atoms with Gasteiger partial charge in [-0.2, -0.15) is 0 Å². The van der Waals surface area contributed by atoms with E-state index in [-0.39, 0.29) is 25.2 Å². The Balaban J connectivity index is 3.35. The number of rotatable bonds is 65. The molecule has 0 radical (unpaired) electrons. The third kappa shape index (κ3) is 63.3. The van der Waals surface area contributed by atoms with Crippen molar-refractivity contribution in [1.29, 1.82) is 0 Å². The van der Waals surface area contributed by atoms with Gasteiger partial charge >= 0.3 is 11.9 Å². The second kappa shape index (κ2) is 65.2. The van der Waals surface area contributed by atoms with Gasteiger partial charge in [0.15, 0.2) is 6.10 Å². The van der Waals surface area contributed by atoms with Gasteiger partial charge in [-0.05, 0) is 12.8 Å². The lowest BCUT2D eigenvalue weighted by Gasteiger charge is -2.15. The van der Waals surface area contributed by atoms with Crippen LogP contribution in [0.15, 0.2) is 0 Å². The molecule has 0 aromatic carbocycles. The smallest absolute Gasteiger partial charge is 0.306 e. The van der Waals surface area contributed by atoms with Crippen molar-refractivity contribution in [3.63, 3.8) is 0 Å². The highest BCUT2D eigenvalue weighted by Gasteiger charge is 2.16. The number of esters is 2. The predicted molar refractivity (Wildman–Crippen MR) is 321 cm³/mol. The molecule has 0 aromatic rings. The summed E-state index contributed by atoms with van der Waals surface area (Å²) < 4.78 is 10.8. The molecular formula is C68H134O5. The second-order valence-electron chi connectivity index (χ2n) is 23.6. The summed E-state index contributed by atoms with van der Waals surface area (Å²) in [5.41, 5.74) is 0. The quantitative estimate of drug-likeness (QED) is 0.0485. The summed E-state index contributed by atoms with van der Waals surface area (Å²) >= 11 is 0. The highest BCUT2D eigenvalue weighted by molar-refractivity contribution is 5.70. The maximum absolute atomic E-state index is 12.4. The maximum Gasteiger partial charge on any atom is 0.306 e. The summed E-state index contributed by atoms with van der Waals surface area (Å²) in [5, 5.41) is 9.69. The summed E-state index contributed by atoms with van der Waals surface area (Å²) in [6, 6.07) is 0. The molecule has 0 aliphatic heterocycles. The molecule has 0 amide bonds. The molecule has 0 saturated heterocycles. The lowest BCUT2D eigenvalue weighted by atomic mass is 10.0.